The number of ether oxygens (including phenoxy) is 1. The first-order chi connectivity index (χ1) is 8.72. The summed E-state index contributed by atoms with van der Waals surface area (Å²) in [7, 11) is 1.38. The number of hydrogen-bond donors (Lipinski definition) is 1. The van der Waals surface area contributed by atoms with E-state index in [9.17, 15) is 4.79 Å². The summed E-state index contributed by atoms with van der Waals surface area (Å²) >= 11 is 1.44. The summed E-state index contributed by atoms with van der Waals surface area (Å²) in [6.07, 6.45) is 1.87. The number of rotatable bonds is 1. The maximum atomic E-state index is 11.7. The zero-order valence-corrected chi connectivity index (χ0v) is 10.8. The Hall–Kier alpha value is -1.81. The summed E-state index contributed by atoms with van der Waals surface area (Å²) in [5.41, 5.74) is 10.3. The number of methoxy groups -OCH3 is 1. The summed E-state index contributed by atoms with van der Waals surface area (Å²) < 4.78 is 4.77. The highest BCUT2D eigenvalue weighted by Crippen LogP contribution is 2.43. The van der Waals surface area contributed by atoms with Crippen LogP contribution in [0.25, 0.3) is 10.4 Å². The van der Waals surface area contributed by atoms with Gasteiger partial charge in [-0.2, -0.15) is 0 Å². The van der Waals surface area contributed by atoms with Crippen molar-refractivity contribution in [3.05, 3.63) is 40.3 Å². The molecule has 0 spiro atoms. The van der Waals surface area contributed by atoms with Crippen LogP contribution in [0.1, 0.15) is 20.8 Å². The molecule has 0 amide bonds. The van der Waals surface area contributed by atoms with Crippen LogP contribution in [0.4, 0.5) is 5.69 Å². The fourth-order valence-electron chi connectivity index (χ4n) is 2.41. The molecule has 3 nitrogen and oxygen atoms in total. The Labute approximate surface area is 109 Å². The number of anilines is 1. The van der Waals surface area contributed by atoms with E-state index in [2.05, 4.69) is 12.1 Å². The van der Waals surface area contributed by atoms with E-state index >= 15 is 0 Å². The molecule has 0 unspecified atom stereocenters. The van der Waals surface area contributed by atoms with Gasteiger partial charge in [-0.15, -0.1) is 11.3 Å². The zero-order chi connectivity index (χ0) is 12.7. The molecule has 1 aliphatic carbocycles. The van der Waals surface area contributed by atoms with E-state index in [4.69, 9.17) is 10.5 Å². The number of fused-ring (bicyclic) bond motifs is 3. The van der Waals surface area contributed by atoms with Gasteiger partial charge < -0.3 is 10.5 Å². The molecule has 0 fully saturated rings. The first-order valence-corrected chi connectivity index (χ1v) is 6.61. The van der Waals surface area contributed by atoms with Crippen LogP contribution in [0, 0.1) is 0 Å². The Morgan fingerprint density at radius 1 is 1.33 bits per heavy atom. The molecule has 2 N–H and O–H groups in total. The van der Waals surface area contributed by atoms with Gasteiger partial charge in [0, 0.05) is 4.88 Å². The first-order valence-electron chi connectivity index (χ1n) is 5.80. The SMILES string of the molecule is COC(=O)c1sc2c(c1N)CCc1ccccc1-2. The fourth-order valence-corrected chi connectivity index (χ4v) is 3.66. The molecule has 2 aromatic rings. The van der Waals surface area contributed by atoms with E-state index in [1.54, 1.807) is 0 Å². The maximum absolute atomic E-state index is 11.7. The molecule has 0 aliphatic heterocycles. The van der Waals surface area contributed by atoms with Crippen molar-refractivity contribution >= 4 is 23.0 Å². The normalized spacial score (nSPS) is 12.7. The van der Waals surface area contributed by atoms with E-state index < -0.39 is 0 Å². The van der Waals surface area contributed by atoms with Gasteiger partial charge in [0.2, 0.25) is 0 Å². The van der Waals surface area contributed by atoms with Crippen LogP contribution in [0.15, 0.2) is 24.3 Å². The molecular formula is C14H13NO2S. The standard InChI is InChI=1S/C14H13NO2S/c1-17-14(16)13-11(15)10-7-6-8-4-2-3-5-9(8)12(10)18-13/h2-5H,6-7,15H2,1H3. The quantitative estimate of drug-likeness (QED) is 0.801. The number of esters is 1. The molecule has 0 atom stereocenters. The van der Waals surface area contributed by atoms with Gasteiger partial charge in [-0.1, -0.05) is 24.3 Å². The lowest BCUT2D eigenvalue weighted by atomic mass is 9.91. The average Bonchev–Trinajstić information content (AvgIpc) is 2.76. The molecule has 4 heteroatoms. The molecule has 0 bridgehead atoms. The first kappa shape index (κ1) is 11.3. The highest BCUT2D eigenvalue weighted by molar-refractivity contribution is 7.18. The fraction of sp³-hybridized carbons (Fsp3) is 0.214. The predicted molar refractivity (Wildman–Crippen MR) is 72.9 cm³/mol. The van der Waals surface area contributed by atoms with Crippen LogP contribution in [0.3, 0.4) is 0 Å². The summed E-state index contributed by atoms with van der Waals surface area (Å²) in [6.45, 7) is 0. The number of nitrogens with two attached hydrogens (primary N) is 1. The summed E-state index contributed by atoms with van der Waals surface area (Å²) in [6, 6.07) is 8.28. The molecule has 1 aromatic heterocycles. The molecule has 0 radical (unpaired) electrons. The molecule has 3 rings (SSSR count). The van der Waals surface area contributed by atoms with Gasteiger partial charge >= 0.3 is 5.97 Å². The van der Waals surface area contributed by atoms with Crippen LogP contribution in [-0.4, -0.2) is 13.1 Å². The number of thiophene rings is 1. The molecule has 1 heterocycles. The van der Waals surface area contributed by atoms with Crippen molar-refractivity contribution < 1.29 is 9.53 Å². The smallest absolute Gasteiger partial charge is 0.350 e. The van der Waals surface area contributed by atoms with Crippen LogP contribution < -0.4 is 5.73 Å². The van der Waals surface area contributed by atoms with E-state index in [1.165, 1.54) is 29.6 Å². The van der Waals surface area contributed by atoms with Crippen molar-refractivity contribution in [3.63, 3.8) is 0 Å². The van der Waals surface area contributed by atoms with Gasteiger partial charge in [-0.3, -0.25) is 0 Å². The van der Waals surface area contributed by atoms with E-state index in [0.29, 0.717) is 10.6 Å². The second-order valence-corrected chi connectivity index (χ2v) is 5.32. The Morgan fingerprint density at radius 3 is 2.89 bits per heavy atom. The second kappa shape index (κ2) is 4.14. The third kappa shape index (κ3) is 1.53. The van der Waals surface area contributed by atoms with Crippen LogP contribution in [0.2, 0.25) is 0 Å². The predicted octanol–water partition coefficient (Wildman–Crippen LogP) is 2.88. The Kier molecular flexibility index (Phi) is 2.59. The topological polar surface area (TPSA) is 52.3 Å². The van der Waals surface area contributed by atoms with Gasteiger partial charge in [0.05, 0.1) is 12.8 Å². The van der Waals surface area contributed by atoms with Crippen molar-refractivity contribution in [1.29, 1.82) is 0 Å². The van der Waals surface area contributed by atoms with Crippen molar-refractivity contribution in [2.45, 2.75) is 12.8 Å². The number of carbonyl (C=O) groups is 1. The number of carbonyl (C=O) groups excluding carboxylic acids is 1. The zero-order valence-electron chi connectivity index (χ0n) is 10.0. The van der Waals surface area contributed by atoms with E-state index in [1.807, 2.05) is 12.1 Å². The number of hydrogen-bond acceptors (Lipinski definition) is 4. The van der Waals surface area contributed by atoms with Crippen molar-refractivity contribution in [1.82, 2.24) is 0 Å². The Morgan fingerprint density at radius 2 is 2.11 bits per heavy atom. The van der Waals surface area contributed by atoms with Crippen molar-refractivity contribution in [2.24, 2.45) is 0 Å². The lowest BCUT2D eigenvalue weighted by Crippen LogP contribution is -2.05. The molecule has 0 saturated carbocycles. The molecular weight excluding hydrogens is 246 g/mol. The van der Waals surface area contributed by atoms with Gasteiger partial charge in [0.25, 0.3) is 0 Å². The van der Waals surface area contributed by atoms with Gasteiger partial charge in [-0.25, -0.2) is 4.79 Å². The largest absolute Gasteiger partial charge is 0.465 e. The lowest BCUT2D eigenvalue weighted by molar-refractivity contribution is 0.0607. The summed E-state index contributed by atoms with van der Waals surface area (Å²) in [5.74, 6) is -0.343. The van der Waals surface area contributed by atoms with Gasteiger partial charge in [0.15, 0.2) is 0 Å². The Balaban J connectivity index is 2.20. The molecule has 1 aliphatic rings. The minimum absolute atomic E-state index is 0.343. The highest BCUT2D eigenvalue weighted by Gasteiger charge is 2.25. The van der Waals surface area contributed by atoms with Crippen LogP contribution in [0.5, 0.6) is 0 Å². The van der Waals surface area contributed by atoms with Crippen LogP contribution in [-0.2, 0) is 17.6 Å². The molecule has 92 valence electrons. The Bertz CT molecular complexity index is 631. The molecule has 0 saturated heterocycles. The number of aryl methyl sites for hydroxylation is 1. The summed E-state index contributed by atoms with van der Waals surface area (Å²) in [4.78, 5) is 13.3. The third-order valence-electron chi connectivity index (χ3n) is 3.33. The maximum Gasteiger partial charge on any atom is 0.350 e. The minimum atomic E-state index is -0.343. The van der Waals surface area contributed by atoms with E-state index in [0.717, 1.165) is 23.3 Å². The van der Waals surface area contributed by atoms with E-state index in [-0.39, 0.29) is 5.97 Å². The monoisotopic (exact) mass is 259 g/mol. The van der Waals surface area contributed by atoms with Crippen molar-refractivity contribution in [3.8, 4) is 10.4 Å². The highest BCUT2D eigenvalue weighted by atomic mass is 32.1. The van der Waals surface area contributed by atoms with Crippen molar-refractivity contribution in [2.75, 3.05) is 12.8 Å². The minimum Gasteiger partial charge on any atom is -0.465 e. The average molecular weight is 259 g/mol. The van der Waals surface area contributed by atoms with Gasteiger partial charge in [0.1, 0.15) is 4.88 Å². The number of nitrogen functional groups attached to an aromatic ring is 1. The molecule has 1 aromatic carbocycles. The number of benzene rings is 1. The third-order valence-corrected chi connectivity index (χ3v) is 4.59. The van der Waals surface area contributed by atoms with Gasteiger partial charge in [-0.05, 0) is 29.5 Å². The molecule has 18 heavy (non-hydrogen) atoms. The second-order valence-electron chi connectivity index (χ2n) is 4.30. The lowest BCUT2D eigenvalue weighted by Gasteiger charge is -2.16. The van der Waals surface area contributed by atoms with Crippen LogP contribution >= 0.6 is 11.3 Å². The summed E-state index contributed by atoms with van der Waals surface area (Å²) in [5, 5.41) is 0.